The molecule has 1 saturated heterocycles. The van der Waals surface area contributed by atoms with Crippen LogP contribution in [-0.4, -0.2) is 61.8 Å². The zero-order chi connectivity index (χ0) is 22.1. The van der Waals surface area contributed by atoms with Crippen molar-refractivity contribution in [2.45, 2.75) is 32.6 Å². The number of rotatable bonds is 9. The molecule has 1 fully saturated rings. The third kappa shape index (κ3) is 7.38. The average Bonchev–Trinajstić information content (AvgIpc) is 2.77. The summed E-state index contributed by atoms with van der Waals surface area (Å²) in [5, 5.41) is 2.81. The number of morpholine rings is 1. The molecule has 0 aromatic heterocycles. The first-order valence-corrected chi connectivity index (χ1v) is 10.6. The van der Waals surface area contributed by atoms with E-state index in [-0.39, 0.29) is 30.6 Å². The van der Waals surface area contributed by atoms with Gasteiger partial charge < -0.3 is 24.4 Å². The smallest absolute Gasteiger partial charge is 0.254 e. The molecule has 31 heavy (non-hydrogen) atoms. The van der Waals surface area contributed by atoms with Crippen LogP contribution in [0.25, 0.3) is 0 Å². The Morgan fingerprint density at radius 3 is 2.35 bits per heavy atom. The second kappa shape index (κ2) is 11.5. The molecule has 2 aromatic carbocycles. The summed E-state index contributed by atoms with van der Waals surface area (Å²) < 4.78 is 16.5. The highest BCUT2D eigenvalue weighted by molar-refractivity contribution is 5.94. The van der Waals surface area contributed by atoms with E-state index < -0.39 is 0 Å². The molecular formula is C24H30N2O5. The van der Waals surface area contributed by atoms with Crippen LogP contribution >= 0.6 is 0 Å². The summed E-state index contributed by atoms with van der Waals surface area (Å²) in [5.41, 5.74) is 1.55. The zero-order valence-electron chi connectivity index (χ0n) is 18.1. The van der Waals surface area contributed by atoms with Crippen LogP contribution < -0.4 is 10.1 Å². The molecule has 0 aliphatic carbocycles. The number of hydrogen-bond acceptors (Lipinski definition) is 5. The highest BCUT2D eigenvalue weighted by Gasteiger charge is 2.26. The van der Waals surface area contributed by atoms with Crippen molar-refractivity contribution in [3.8, 4) is 5.75 Å². The summed E-state index contributed by atoms with van der Waals surface area (Å²) in [7, 11) is 0. The van der Waals surface area contributed by atoms with Gasteiger partial charge in [0, 0.05) is 25.2 Å². The maximum absolute atomic E-state index is 12.7. The van der Waals surface area contributed by atoms with Crippen LogP contribution in [0.15, 0.2) is 54.6 Å². The Balaban J connectivity index is 1.35. The van der Waals surface area contributed by atoms with E-state index in [4.69, 9.17) is 14.2 Å². The van der Waals surface area contributed by atoms with E-state index in [1.165, 1.54) is 0 Å². The first-order valence-electron chi connectivity index (χ1n) is 10.6. The minimum Gasteiger partial charge on any atom is -0.491 e. The monoisotopic (exact) mass is 426 g/mol. The van der Waals surface area contributed by atoms with Gasteiger partial charge in [-0.2, -0.15) is 0 Å². The average molecular weight is 427 g/mol. The van der Waals surface area contributed by atoms with Crippen LogP contribution in [0, 0.1) is 0 Å². The Morgan fingerprint density at radius 1 is 1.00 bits per heavy atom. The van der Waals surface area contributed by atoms with Crippen LogP contribution in [-0.2, 0) is 20.8 Å². The lowest BCUT2D eigenvalue weighted by Crippen LogP contribution is -2.48. The maximum atomic E-state index is 12.7. The summed E-state index contributed by atoms with van der Waals surface area (Å²) >= 11 is 0. The molecule has 166 valence electrons. The molecule has 2 atom stereocenters. The Labute approximate surface area is 183 Å². The van der Waals surface area contributed by atoms with E-state index in [1.807, 2.05) is 61.2 Å². The lowest BCUT2D eigenvalue weighted by Gasteiger charge is -2.35. The number of amides is 2. The lowest BCUT2D eigenvalue weighted by atomic mass is 10.1. The SMILES string of the molecule is CC1CN(C(=O)c2ccc(CNC(=O)COCCOc3ccccc3)cc2)CC(C)O1. The van der Waals surface area contributed by atoms with Crippen molar-refractivity contribution in [2.24, 2.45) is 0 Å². The van der Waals surface area contributed by atoms with Gasteiger partial charge in [0.15, 0.2) is 0 Å². The molecule has 7 nitrogen and oxygen atoms in total. The van der Waals surface area contributed by atoms with Crippen molar-refractivity contribution in [1.29, 1.82) is 0 Å². The van der Waals surface area contributed by atoms with Gasteiger partial charge in [-0.05, 0) is 43.7 Å². The van der Waals surface area contributed by atoms with Crippen molar-refractivity contribution in [3.05, 3.63) is 65.7 Å². The number of ether oxygens (including phenoxy) is 3. The second-order valence-corrected chi connectivity index (χ2v) is 7.66. The Bertz CT molecular complexity index is 831. The number of benzene rings is 2. The number of nitrogens with zero attached hydrogens (tertiary/aromatic N) is 1. The van der Waals surface area contributed by atoms with Crippen molar-refractivity contribution < 1.29 is 23.8 Å². The van der Waals surface area contributed by atoms with Gasteiger partial charge in [-0.1, -0.05) is 30.3 Å². The molecule has 2 aromatic rings. The molecule has 7 heteroatoms. The second-order valence-electron chi connectivity index (χ2n) is 7.66. The summed E-state index contributed by atoms with van der Waals surface area (Å²) in [5.74, 6) is 0.579. The largest absolute Gasteiger partial charge is 0.491 e. The van der Waals surface area contributed by atoms with E-state index in [0.29, 0.717) is 38.4 Å². The summed E-state index contributed by atoms with van der Waals surface area (Å²) in [4.78, 5) is 26.5. The standard InChI is InChI=1S/C24H30N2O5/c1-18-15-26(16-19(2)31-18)24(28)21-10-8-20(9-11-21)14-25-23(27)17-29-12-13-30-22-6-4-3-5-7-22/h3-11,18-19H,12-17H2,1-2H3,(H,25,27). The van der Waals surface area contributed by atoms with E-state index in [1.54, 1.807) is 12.1 Å². The number of carbonyl (C=O) groups excluding carboxylic acids is 2. The number of para-hydroxylation sites is 1. The number of nitrogens with one attached hydrogen (secondary N) is 1. The van der Waals surface area contributed by atoms with Crippen LogP contribution in [0.2, 0.25) is 0 Å². The topological polar surface area (TPSA) is 77.1 Å². The van der Waals surface area contributed by atoms with Gasteiger partial charge in [-0.25, -0.2) is 0 Å². The van der Waals surface area contributed by atoms with Gasteiger partial charge in [0.1, 0.15) is 19.0 Å². The Hall–Kier alpha value is -2.90. The first-order chi connectivity index (χ1) is 15.0. The molecule has 2 unspecified atom stereocenters. The molecule has 1 aliphatic rings. The van der Waals surface area contributed by atoms with Crippen LogP contribution in [0.4, 0.5) is 0 Å². The summed E-state index contributed by atoms with van der Waals surface area (Å²) in [6.07, 6.45) is 0.0728. The highest BCUT2D eigenvalue weighted by Crippen LogP contribution is 2.15. The van der Waals surface area contributed by atoms with Crippen molar-refractivity contribution in [3.63, 3.8) is 0 Å². The molecule has 0 bridgehead atoms. The van der Waals surface area contributed by atoms with E-state index >= 15 is 0 Å². The molecular weight excluding hydrogens is 396 g/mol. The van der Waals surface area contributed by atoms with Gasteiger partial charge in [-0.3, -0.25) is 9.59 Å². The lowest BCUT2D eigenvalue weighted by molar-refractivity contribution is -0.126. The van der Waals surface area contributed by atoms with Gasteiger partial charge >= 0.3 is 0 Å². The summed E-state index contributed by atoms with van der Waals surface area (Å²) in [6, 6.07) is 16.8. The number of carbonyl (C=O) groups is 2. The highest BCUT2D eigenvalue weighted by atomic mass is 16.5. The Morgan fingerprint density at radius 2 is 1.68 bits per heavy atom. The van der Waals surface area contributed by atoms with Gasteiger partial charge in [0.25, 0.3) is 5.91 Å². The van der Waals surface area contributed by atoms with Gasteiger partial charge in [-0.15, -0.1) is 0 Å². The quantitative estimate of drug-likeness (QED) is 0.624. The minimum atomic E-state index is -0.198. The molecule has 1 N–H and O–H groups in total. The molecule has 0 spiro atoms. The minimum absolute atomic E-state index is 0.00343. The third-order valence-electron chi connectivity index (χ3n) is 4.87. The zero-order valence-corrected chi connectivity index (χ0v) is 18.1. The first kappa shape index (κ1) is 22.8. The van der Waals surface area contributed by atoms with Crippen molar-refractivity contribution >= 4 is 11.8 Å². The van der Waals surface area contributed by atoms with E-state index in [0.717, 1.165) is 11.3 Å². The van der Waals surface area contributed by atoms with E-state index in [9.17, 15) is 9.59 Å². The van der Waals surface area contributed by atoms with E-state index in [2.05, 4.69) is 5.32 Å². The third-order valence-corrected chi connectivity index (χ3v) is 4.87. The van der Waals surface area contributed by atoms with Gasteiger partial charge in [0.2, 0.25) is 5.91 Å². The van der Waals surface area contributed by atoms with Crippen molar-refractivity contribution in [1.82, 2.24) is 10.2 Å². The molecule has 2 amide bonds. The molecule has 3 rings (SSSR count). The molecule has 0 radical (unpaired) electrons. The van der Waals surface area contributed by atoms with Crippen LogP contribution in [0.3, 0.4) is 0 Å². The maximum Gasteiger partial charge on any atom is 0.254 e. The fraction of sp³-hybridized carbons (Fsp3) is 0.417. The molecule has 1 heterocycles. The van der Waals surface area contributed by atoms with Gasteiger partial charge in [0.05, 0.1) is 18.8 Å². The molecule has 1 aliphatic heterocycles. The number of hydrogen-bond donors (Lipinski definition) is 1. The fourth-order valence-electron chi connectivity index (χ4n) is 3.44. The van der Waals surface area contributed by atoms with Crippen molar-refractivity contribution in [2.75, 3.05) is 32.9 Å². The van der Waals surface area contributed by atoms with Crippen LogP contribution in [0.5, 0.6) is 5.75 Å². The predicted molar refractivity (Wildman–Crippen MR) is 117 cm³/mol. The predicted octanol–water partition coefficient (Wildman–Crippen LogP) is 2.65. The normalized spacial score (nSPS) is 18.5. The van der Waals surface area contributed by atoms with Crippen LogP contribution in [0.1, 0.15) is 29.8 Å². The fourth-order valence-corrected chi connectivity index (χ4v) is 3.44. The Kier molecular flexibility index (Phi) is 8.44. The molecule has 0 saturated carbocycles. The summed E-state index contributed by atoms with van der Waals surface area (Å²) in [6.45, 7) is 6.20.